The van der Waals surface area contributed by atoms with Crippen LogP contribution in [-0.2, 0) is 4.79 Å². The maximum Gasteiger partial charge on any atom is 0.219 e. The van der Waals surface area contributed by atoms with Crippen LogP contribution in [0.15, 0.2) is 24.3 Å². The monoisotopic (exact) mass is 202 g/mol. The first kappa shape index (κ1) is 9.77. The molecule has 15 heavy (non-hydrogen) atoms. The van der Waals surface area contributed by atoms with Gasteiger partial charge in [-0.25, -0.2) is 0 Å². The van der Waals surface area contributed by atoms with E-state index in [1.165, 1.54) is 10.4 Å². The van der Waals surface area contributed by atoms with Crippen LogP contribution in [0.2, 0.25) is 0 Å². The Labute approximate surface area is 88.5 Å². The van der Waals surface area contributed by atoms with E-state index >= 15 is 0 Å². The van der Waals surface area contributed by atoms with Gasteiger partial charge in [-0.05, 0) is 10.4 Å². The van der Waals surface area contributed by atoms with Crippen LogP contribution in [0.25, 0.3) is 12.3 Å². The molecule has 1 amide bonds. The molecule has 1 aliphatic heterocycles. The zero-order valence-electron chi connectivity index (χ0n) is 8.52. The zero-order chi connectivity index (χ0) is 10.7. The van der Waals surface area contributed by atoms with Crippen LogP contribution in [0.4, 0.5) is 0 Å². The second kappa shape index (κ2) is 4.17. The maximum atomic E-state index is 10.7. The molecule has 0 radical (unpaired) electrons. The number of carbonyl (C=O) groups is 1. The Balaban J connectivity index is 2.16. The molecule has 3 nitrogen and oxygen atoms in total. The molecular formula is C12H14N2O. The van der Waals surface area contributed by atoms with Gasteiger partial charge in [0.05, 0.1) is 0 Å². The van der Waals surface area contributed by atoms with Gasteiger partial charge in [0.1, 0.15) is 0 Å². The van der Waals surface area contributed by atoms with E-state index in [1.807, 2.05) is 12.1 Å². The normalized spacial score (nSPS) is 13.7. The van der Waals surface area contributed by atoms with Crippen LogP contribution < -0.4 is 16.2 Å². The Bertz CT molecular complexity index is 479. The number of hydrogen-bond donors (Lipinski definition) is 1. The summed E-state index contributed by atoms with van der Waals surface area (Å²) in [5.41, 5.74) is 5.11. The molecule has 0 unspecified atom stereocenters. The number of primary amides is 1. The van der Waals surface area contributed by atoms with Crippen molar-refractivity contribution in [3.63, 3.8) is 0 Å². The lowest BCUT2D eigenvalue weighted by atomic mass is 10.2. The Kier molecular flexibility index (Phi) is 2.72. The van der Waals surface area contributed by atoms with Gasteiger partial charge in [-0.1, -0.05) is 30.3 Å². The zero-order valence-corrected chi connectivity index (χ0v) is 8.52. The number of hydrogen-bond acceptors (Lipinski definition) is 2. The van der Waals surface area contributed by atoms with Crippen LogP contribution >= 0.6 is 0 Å². The summed E-state index contributed by atoms with van der Waals surface area (Å²) in [5.74, 6) is -0.248. The highest BCUT2D eigenvalue weighted by molar-refractivity contribution is 5.74. The molecule has 1 aromatic rings. The quantitative estimate of drug-likeness (QED) is 0.711. The summed E-state index contributed by atoms with van der Waals surface area (Å²) < 4.78 is 0. The third-order valence-electron chi connectivity index (χ3n) is 2.51. The van der Waals surface area contributed by atoms with E-state index in [2.05, 4.69) is 29.3 Å². The molecule has 0 fully saturated rings. The van der Waals surface area contributed by atoms with E-state index in [0.29, 0.717) is 13.0 Å². The molecule has 1 heterocycles. The average molecular weight is 202 g/mol. The predicted octanol–water partition coefficient (Wildman–Crippen LogP) is -0.604. The first-order valence-corrected chi connectivity index (χ1v) is 5.05. The fourth-order valence-corrected chi connectivity index (χ4v) is 1.69. The van der Waals surface area contributed by atoms with Gasteiger partial charge in [-0.2, -0.15) is 0 Å². The highest BCUT2D eigenvalue weighted by atomic mass is 16.1. The standard InChI is InChI=1S/C12H14N2O/c13-12(15)6-8-14-7-5-10-3-1-2-4-11(10)9-14/h1-5,9H,6-8H2,(H2,13,15). The van der Waals surface area contributed by atoms with Gasteiger partial charge < -0.3 is 10.6 Å². The Morgan fingerprint density at radius 1 is 1.33 bits per heavy atom. The number of carbonyl (C=O) groups excluding carboxylic acids is 1. The summed E-state index contributed by atoms with van der Waals surface area (Å²) in [7, 11) is 0. The smallest absolute Gasteiger partial charge is 0.219 e. The van der Waals surface area contributed by atoms with E-state index < -0.39 is 0 Å². The van der Waals surface area contributed by atoms with Gasteiger partial charge in [0.15, 0.2) is 0 Å². The topological polar surface area (TPSA) is 46.3 Å². The first-order valence-electron chi connectivity index (χ1n) is 5.05. The molecule has 0 aromatic heterocycles. The third-order valence-corrected chi connectivity index (χ3v) is 2.51. The Morgan fingerprint density at radius 2 is 2.07 bits per heavy atom. The van der Waals surface area contributed by atoms with Crippen molar-refractivity contribution in [2.24, 2.45) is 5.73 Å². The minimum absolute atomic E-state index is 0.248. The van der Waals surface area contributed by atoms with Gasteiger partial charge in [-0.3, -0.25) is 4.79 Å². The fourth-order valence-electron chi connectivity index (χ4n) is 1.69. The van der Waals surface area contributed by atoms with Gasteiger partial charge in [0, 0.05) is 25.7 Å². The van der Waals surface area contributed by atoms with Crippen molar-refractivity contribution in [3.05, 3.63) is 34.7 Å². The lowest BCUT2D eigenvalue weighted by Crippen LogP contribution is -2.36. The number of fused-ring (bicyclic) bond motifs is 1. The second-order valence-corrected chi connectivity index (χ2v) is 3.67. The summed E-state index contributed by atoms with van der Waals surface area (Å²) in [5, 5.41) is 2.46. The molecule has 0 bridgehead atoms. The van der Waals surface area contributed by atoms with Gasteiger partial charge in [-0.15, -0.1) is 0 Å². The number of benzene rings is 1. The van der Waals surface area contributed by atoms with Crippen molar-refractivity contribution in [3.8, 4) is 0 Å². The third kappa shape index (κ3) is 2.37. The molecule has 78 valence electrons. The van der Waals surface area contributed by atoms with Crippen LogP contribution in [0.5, 0.6) is 0 Å². The minimum atomic E-state index is -0.248. The molecule has 0 saturated heterocycles. The molecule has 0 spiro atoms. The molecule has 0 aliphatic carbocycles. The average Bonchev–Trinajstić information content (AvgIpc) is 2.26. The van der Waals surface area contributed by atoms with Crippen molar-refractivity contribution in [1.82, 2.24) is 4.90 Å². The van der Waals surface area contributed by atoms with Crippen molar-refractivity contribution in [2.45, 2.75) is 6.42 Å². The van der Waals surface area contributed by atoms with Crippen molar-refractivity contribution in [2.75, 3.05) is 13.1 Å². The summed E-state index contributed by atoms with van der Waals surface area (Å²) in [6, 6.07) is 8.21. The lowest BCUT2D eigenvalue weighted by Gasteiger charge is -2.20. The fraction of sp³-hybridized carbons (Fsp3) is 0.250. The van der Waals surface area contributed by atoms with Crippen LogP contribution in [-0.4, -0.2) is 23.9 Å². The molecule has 0 atom stereocenters. The minimum Gasteiger partial charge on any atom is -0.373 e. The summed E-state index contributed by atoms with van der Waals surface area (Å²) in [6.07, 6.45) is 4.65. The molecule has 1 aromatic carbocycles. The number of nitrogens with zero attached hydrogens (tertiary/aromatic N) is 1. The first-order chi connectivity index (χ1) is 7.25. The lowest BCUT2D eigenvalue weighted by molar-refractivity contribution is -0.118. The SMILES string of the molecule is NC(=O)CCN1C=c2ccccc2=CC1. The Morgan fingerprint density at radius 3 is 2.80 bits per heavy atom. The van der Waals surface area contributed by atoms with Crippen molar-refractivity contribution >= 4 is 18.2 Å². The van der Waals surface area contributed by atoms with Gasteiger partial charge in [0.25, 0.3) is 0 Å². The second-order valence-electron chi connectivity index (χ2n) is 3.67. The van der Waals surface area contributed by atoms with E-state index in [9.17, 15) is 4.79 Å². The van der Waals surface area contributed by atoms with E-state index in [-0.39, 0.29) is 5.91 Å². The van der Waals surface area contributed by atoms with E-state index in [4.69, 9.17) is 5.73 Å². The van der Waals surface area contributed by atoms with Crippen LogP contribution in [0, 0.1) is 0 Å². The summed E-state index contributed by atoms with van der Waals surface area (Å²) in [4.78, 5) is 12.8. The molecule has 0 saturated carbocycles. The Hall–Kier alpha value is -1.77. The van der Waals surface area contributed by atoms with Gasteiger partial charge in [0.2, 0.25) is 5.91 Å². The van der Waals surface area contributed by atoms with Crippen LogP contribution in [0.1, 0.15) is 6.42 Å². The molecule has 2 rings (SSSR count). The largest absolute Gasteiger partial charge is 0.373 e. The van der Waals surface area contributed by atoms with Crippen LogP contribution in [0.3, 0.4) is 0 Å². The maximum absolute atomic E-state index is 10.7. The summed E-state index contributed by atoms with van der Waals surface area (Å²) in [6.45, 7) is 1.55. The molecule has 2 N–H and O–H groups in total. The van der Waals surface area contributed by atoms with E-state index in [0.717, 1.165) is 6.54 Å². The van der Waals surface area contributed by atoms with Crippen molar-refractivity contribution in [1.29, 1.82) is 0 Å². The molecular weight excluding hydrogens is 188 g/mol. The number of amides is 1. The molecule has 3 heteroatoms. The van der Waals surface area contributed by atoms with Gasteiger partial charge >= 0.3 is 0 Å². The highest BCUT2D eigenvalue weighted by Gasteiger charge is 2.03. The predicted molar refractivity (Wildman–Crippen MR) is 60.0 cm³/mol. The molecule has 1 aliphatic rings. The van der Waals surface area contributed by atoms with Crippen molar-refractivity contribution < 1.29 is 4.79 Å². The summed E-state index contributed by atoms with van der Waals surface area (Å²) >= 11 is 0. The highest BCUT2D eigenvalue weighted by Crippen LogP contribution is 1.95. The number of rotatable bonds is 3. The van der Waals surface area contributed by atoms with E-state index in [1.54, 1.807) is 0 Å². The number of nitrogens with two attached hydrogens (primary N) is 1.